The first-order valence-electron chi connectivity index (χ1n) is 12.1. The standard InChI is InChI=1S/C26H27N7O4S2/c1-5-32-23(17(4)27-24(35)19-8-6-7-15(2)11-19)30-31-26(32)39-14-22(34)29-25-28-20(13-38-25)18-10-9-16(3)21(12-18)33(36)37/h6-13,17H,5,14H2,1-4H3,(H,27,35)(H,28,29,34)/t17-/m0/s1. The summed E-state index contributed by atoms with van der Waals surface area (Å²) in [6, 6.07) is 11.9. The quantitative estimate of drug-likeness (QED) is 0.152. The molecule has 4 rings (SSSR count). The first-order chi connectivity index (χ1) is 18.7. The number of thiazole rings is 1. The molecule has 0 saturated heterocycles. The van der Waals surface area contributed by atoms with Crippen LogP contribution in [0.25, 0.3) is 11.3 Å². The van der Waals surface area contributed by atoms with Crippen LogP contribution >= 0.6 is 23.1 Å². The van der Waals surface area contributed by atoms with E-state index in [0.717, 1.165) is 5.56 Å². The number of hydrogen-bond acceptors (Lipinski definition) is 9. The van der Waals surface area contributed by atoms with Gasteiger partial charge in [-0.2, -0.15) is 0 Å². The Morgan fingerprint density at radius 3 is 2.69 bits per heavy atom. The van der Waals surface area contributed by atoms with Crippen LogP contribution < -0.4 is 10.6 Å². The second-order valence-corrected chi connectivity index (χ2v) is 10.6. The second-order valence-electron chi connectivity index (χ2n) is 8.78. The number of benzene rings is 2. The minimum atomic E-state index is -0.426. The minimum Gasteiger partial charge on any atom is -0.342 e. The monoisotopic (exact) mass is 565 g/mol. The molecule has 11 nitrogen and oxygen atoms in total. The van der Waals surface area contributed by atoms with Crippen LogP contribution in [-0.4, -0.2) is 42.2 Å². The van der Waals surface area contributed by atoms with E-state index in [-0.39, 0.29) is 29.3 Å². The molecule has 0 aliphatic heterocycles. The summed E-state index contributed by atoms with van der Waals surface area (Å²) in [6.45, 7) is 7.96. The molecule has 0 aliphatic rings. The van der Waals surface area contributed by atoms with Crippen molar-refractivity contribution in [1.29, 1.82) is 0 Å². The zero-order valence-electron chi connectivity index (χ0n) is 21.8. The second kappa shape index (κ2) is 12.2. The van der Waals surface area contributed by atoms with Gasteiger partial charge >= 0.3 is 0 Å². The van der Waals surface area contributed by atoms with Crippen LogP contribution in [0.15, 0.2) is 53.0 Å². The smallest absolute Gasteiger partial charge is 0.272 e. The van der Waals surface area contributed by atoms with E-state index in [2.05, 4.69) is 25.8 Å². The van der Waals surface area contributed by atoms with Gasteiger partial charge in [-0.25, -0.2) is 4.98 Å². The average molecular weight is 566 g/mol. The Kier molecular flexibility index (Phi) is 8.72. The van der Waals surface area contributed by atoms with E-state index in [1.54, 1.807) is 30.5 Å². The summed E-state index contributed by atoms with van der Waals surface area (Å²) in [4.78, 5) is 40.5. The fourth-order valence-electron chi connectivity index (χ4n) is 3.87. The Morgan fingerprint density at radius 1 is 1.18 bits per heavy atom. The summed E-state index contributed by atoms with van der Waals surface area (Å²) < 4.78 is 1.87. The lowest BCUT2D eigenvalue weighted by Gasteiger charge is -2.15. The highest BCUT2D eigenvalue weighted by Gasteiger charge is 2.21. The third kappa shape index (κ3) is 6.67. The molecule has 0 unspecified atom stereocenters. The fourth-order valence-corrected chi connectivity index (χ4v) is 5.42. The summed E-state index contributed by atoms with van der Waals surface area (Å²) in [5.74, 6) is 0.197. The number of nitro benzene ring substituents is 1. The molecule has 13 heteroatoms. The predicted octanol–water partition coefficient (Wildman–Crippen LogP) is 5.17. The third-order valence-corrected chi connectivity index (χ3v) is 7.59. The van der Waals surface area contributed by atoms with Crippen molar-refractivity contribution < 1.29 is 14.5 Å². The van der Waals surface area contributed by atoms with Gasteiger partial charge in [0.1, 0.15) is 0 Å². The molecule has 0 saturated carbocycles. The van der Waals surface area contributed by atoms with E-state index in [1.807, 2.05) is 43.5 Å². The predicted molar refractivity (Wildman–Crippen MR) is 151 cm³/mol. The number of hydrogen-bond donors (Lipinski definition) is 2. The molecule has 0 bridgehead atoms. The number of thioether (sulfide) groups is 1. The molecule has 2 heterocycles. The van der Waals surface area contributed by atoms with Crippen molar-refractivity contribution in [2.45, 2.75) is 45.4 Å². The zero-order chi connectivity index (χ0) is 28.1. The van der Waals surface area contributed by atoms with Crippen LogP contribution in [0.1, 0.15) is 47.2 Å². The Morgan fingerprint density at radius 2 is 1.97 bits per heavy atom. The maximum absolute atomic E-state index is 12.7. The number of aromatic nitrogens is 4. The first kappa shape index (κ1) is 27.9. The Hall–Kier alpha value is -4.10. The van der Waals surface area contributed by atoms with Gasteiger partial charge in [-0.15, -0.1) is 21.5 Å². The van der Waals surface area contributed by atoms with Crippen molar-refractivity contribution >= 4 is 45.7 Å². The topological polar surface area (TPSA) is 145 Å². The molecular weight excluding hydrogens is 538 g/mol. The third-order valence-electron chi connectivity index (χ3n) is 5.86. The summed E-state index contributed by atoms with van der Waals surface area (Å²) in [5, 5.41) is 28.2. The van der Waals surface area contributed by atoms with E-state index in [0.29, 0.717) is 45.0 Å². The van der Waals surface area contributed by atoms with Crippen molar-refractivity contribution in [2.75, 3.05) is 11.1 Å². The van der Waals surface area contributed by atoms with E-state index < -0.39 is 4.92 Å². The largest absolute Gasteiger partial charge is 0.342 e. The maximum atomic E-state index is 12.7. The summed E-state index contributed by atoms with van der Waals surface area (Å²) in [5.41, 5.74) is 3.30. The fraction of sp³-hybridized carbons (Fsp3) is 0.269. The number of aryl methyl sites for hydroxylation is 2. The molecule has 0 aliphatic carbocycles. The molecule has 2 aromatic heterocycles. The summed E-state index contributed by atoms with van der Waals surface area (Å²) in [7, 11) is 0. The highest BCUT2D eigenvalue weighted by Crippen LogP contribution is 2.29. The molecule has 4 aromatic rings. The number of nitro groups is 1. The molecule has 0 fully saturated rings. The number of nitrogens with one attached hydrogen (secondary N) is 2. The van der Waals surface area contributed by atoms with Crippen molar-refractivity contribution in [3.05, 3.63) is 80.5 Å². The van der Waals surface area contributed by atoms with Gasteiger partial charge in [0.05, 0.1) is 22.4 Å². The summed E-state index contributed by atoms with van der Waals surface area (Å²) in [6.07, 6.45) is 0. The van der Waals surface area contributed by atoms with Crippen molar-refractivity contribution in [2.24, 2.45) is 0 Å². The van der Waals surface area contributed by atoms with Gasteiger partial charge in [0.2, 0.25) is 5.91 Å². The normalized spacial score (nSPS) is 11.7. The van der Waals surface area contributed by atoms with Crippen molar-refractivity contribution in [3.8, 4) is 11.3 Å². The number of carbonyl (C=O) groups is 2. The molecule has 2 aromatic carbocycles. The molecule has 39 heavy (non-hydrogen) atoms. The number of anilines is 1. The van der Waals surface area contributed by atoms with E-state index in [1.165, 1.54) is 29.2 Å². The van der Waals surface area contributed by atoms with Crippen LogP contribution in [0.4, 0.5) is 10.8 Å². The van der Waals surface area contributed by atoms with Gasteiger partial charge in [-0.1, -0.05) is 41.6 Å². The Balaban J connectivity index is 1.36. The number of nitrogens with zero attached hydrogens (tertiary/aromatic N) is 5. The Bertz CT molecular complexity index is 1530. The van der Waals surface area contributed by atoms with E-state index in [4.69, 9.17) is 0 Å². The average Bonchev–Trinajstić information content (AvgIpc) is 3.54. The lowest BCUT2D eigenvalue weighted by molar-refractivity contribution is -0.385. The molecule has 202 valence electrons. The van der Waals surface area contributed by atoms with E-state index in [9.17, 15) is 19.7 Å². The Labute approximate surface area is 233 Å². The van der Waals surface area contributed by atoms with Crippen molar-refractivity contribution in [3.63, 3.8) is 0 Å². The molecule has 2 N–H and O–H groups in total. The van der Waals surface area contributed by atoms with E-state index >= 15 is 0 Å². The van der Waals surface area contributed by atoms with Crippen LogP contribution in [0.2, 0.25) is 0 Å². The first-order valence-corrected chi connectivity index (χ1v) is 14.0. The van der Waals surface area contributed by atoms with Gasteiger partial charge in [0.15, 0.2) is 16.1 Å². The molecule has 2 amide bonds. The molecular formula is C26H27N7O4S2. The SMILES string of the molecule is CCn1c(SCC(=O)Nc2nc(-c3ccc(C)c([N+](=O)[O-])c3)cs2)nnc1[C@H](C)NC(=O)c1cccc(C)c1. The number of amides is 2. The molecule has 0 spiro atoms. The molecule has 1 atom stereocenters. The van der Waals surface area contributed by atoms with Gasteiger partial charge in [-0.3, -0.25) is 19.7 Å². The van der Waals surface area contributed by atoms with Gasteiger partial charge in [0.25, 0.3) is 11.6 Å². The molecule has 0 radical (unpaired) electrons. The minimum absolute atomic E-state index is 0.0194. The van der Waals surface area contributed by atoms with Crippen molar-refractivity contribution in [1.82, 2.24) is 25.1 Å². The summed E-state index contributed by atoms with van der Waals surface area (Å²) >= 11 is 2.47. The highest BCUT2D eigenvalue weighted by molar-refractivity contribution is 7.99. The van der Waals surface area contributed by atoms with Crippen LogP contribution in [0, 0.1) is 24.0 Å². The number of carbonyl (C=O) groups excluding carboxylic acids is 2. The van der Waals surface area contributed by atoms with Gasteiger partial charge in [-0.05, 0) is 39.8 Å². The number of rotatable bonds is 10. The lowest BCUT2D eigenvalue weighted by Crippen LogP contribution is -2.28. The zero-order valence-corrected chi connectivity index (χ0v) is 23.4. The van der Waals surface area contributed by atoms with Gasteiger partial charge < -0.3 is 15.2 Å². The van der Waals surface area contributed by atoms with Crippen LogP contribution in [-0.2, 0) is 11.3 Å². The maximum Gasteiger partial charge on any atom is 0.272 e. The van der Waals surface area contributed by atoms with Crippen LogP contribution in [0.5, 0.6) is 0 Å². The highest BCUT2D eigenvalue weighted by atomic mass is 32.2. The lowest BCUT2D eigenvalue weighted by atomic mass is 10.1. The van der Waals surface area contributed by atoms with Gasteiger partial charge in [0, 0.05) is 34.7 Å². The van der Waals surface area contributed by atoms with Crippen LogP contribution in [0.3, 0.4) is 0 Å².